The van der Waals surface area contributed by atoms with Crippen molar-refractivity contribution in [1.82, 2.24) is 5.73 Å². The lowest BCUT2D eigenvalue weighted by atomic mass is 10.3. The van der Waals surface area contributed by atoms with Crippen molar-refractivity contribution < 1.29 is 14.3 Å². The molecule has 4 heteroatoms. The highest BCUT2D eigenvalue weighted by Crippen LogP contribution is 1.97. The highest BCUT2D eigenvalue weighted by atomic mass is 16.7. The summed E-state index contributed by atoms with van der Waals surface area (Å²) in [5.41, 5.74) is 6.51. The number of hydrogen-bond donors (Lipinski definition) is 0. The third kappa shape index (κ3) is 4.14. The minimum Gasteiger partial charge on any atom is -0.431 e. The second kappa shape index (κ2) is 5.05. The van der Waals surface area contributed by atoms with Crippen molar-refractivity contribution in [3.8, 4) is 0 Å². The van der Waals surface area contributed by atoms with Gasteiger partial charge in [0.25, 0.3) is 0 Å². The number of hydrogen-bond acceptors (Lipinski definition) is 3. The van der Waals surface area contributed by atoms with Gasteiger partial charge < -0.3 is 9.47 Å². The summed E-state index contributed by atoms with van der Waals surface area (Å²) in [6, 6.07) is 0. The Balaban J connectivity index is 3.37. The molecule has 0 rings (SSSR count). The first-order chi connectivity index (χ1) is 4.70. The van der Waals surface area contributed by atoms with Gasteiger partial charge in [0, 0.05) is 0 Å². The fraction of sp³-hybridized carbons (Fsp3) is 0.833. The van der Waals surface area contributed by atoms with Crippen molar-refractivity contribution in [2.75, 3.05) is 6.73 Å². The molecule has 10 heavy (non-hydrogen) atoms. The van der Waals surface area contributed by atoms with Gasteiger partial charge in [0.05, 0.1) is 0 Å². The predicted molar refractivity (Wildman–Crippen MR) is 35.3 cm³/mol. The van der Waals surface area contributed by atoms with E-state index in [2.05, 4.69) is 9.47 Å². The maximum Gasteiger partial charge on any atom is 0.509 e. The van der Waals surface area contributed by atoms with E-state index in [4.69, 9.17) is 5.73 Å². The maximum atomic E-state index is 10.4. The molecule has 0 saturated carbocycles. The molecule has 0 fully saturated rings. The van der Waals surface area contributed by atoms with Crippen molar-refractivity contribution in [3.63, 3.8) is 0 Å². The number of ether oxygens (including phenoxy) is 2. The lowest BCUT2D eigenvalue weighted by molar-refractivity contribution is 0.0286. The van der Waals surface area contributed by atoms with Gasteiger partial charge >= 0.3 is 6.16 Å². The van der Waals surface area contributed by atoms with Crippen LogP contribution in [0.25, 0.3) is 0 Å². The van der Waals surface area contributed by atoms with Gasteiger partial charge in [-0.25, -0.2) is 10.5 Å². The molecule has 1 atom stereocenters. The van der Waals surface area contributed by atoms with Crippen LogP contribution < -0.4 is 5.73 Å². The Morgan fingerprint density at radius 2 is 2.30 bits per heavy atom. The lowest BCUT2D eigenvalue weighted by Crippen LogP contribution is -2.15. The largest absolute Gasteiger partial charge is 0.509 e. The predicted octanol–water partition coefficient (Wildman–Crippen LogP) is 1.18. The monoisotopic (exact) mass is 146 g/mol. The third-order valence-corrected chi connectivity index (χ3v) is 1.06. The topological polar surface area (TPSA) is 59.3 Å². The average molecular weight is 146 g/mol. The molecule has 1 radical (unpaired) electrons. The van der Waals surface area contributed by atoms with E-state index in [1.165, 1.54) is 0 Å². The number of carbonyl (C=O) groups excluding carboxylic acids is 1. The molecular formula is C6H12NO3. The number of rotatable bonds is 3. The van der Waals surface area contributed by atoms with Gasteiger partial charge in [-0.05, 0) is 13.3 Å². The zero-order valence-corrected chi connectivity index (χ0v) is 6.22. The summed E-state index contributed by atoms with van der Waals surface area (Å²) in [5.74, 6) is 0. The van der Waals surface area contributed by atoms with E-state index in [-0.39, 0.29) is 12.8 Å². The molecular weight excluding hydrogens is 134 g/mol. The Kier molecular flexibility index (Phi) is 4.66. The molecule has 0 saturated heterocycles. The number of carbonyl (C=O) groups is 1. The summed E-state index contributed by atoms with van der Waals surface area (Å²) >= 11 is 0. The molecule has 0 aromatic rings. The zero-order chi connectivity index (χ0) is 7.98. The van der Waals surface area contributed by atoms with Gasteiger partial charge in [0.15, 0.2) is 6.73 Å². The molecule has 0 aromatic heterocycles. The number of nitrogens with one attached hydrogen (secondary N) is 1. The molecule has 0 heterocycles. The smallest absolute Gasteiger partial charge is 0.431 e. The Bertz CT molecular complexity index is 105. The van der Waals surface area contributed by atoms with E-state index in [1.54, 1.807) is 6.92 Å². The van der Waals surface area contributed by atoms with Crippen LogP contribution in [-0.4, -0.2) is 19.0 Å². The normalized spacial score (nSPS) is 12.3. The molecule has 0 aliphatic rings. The van der Waals surface area contributed by atoms with Crippen molar-refractivity contribution in [1.29, 1.82) is 0 Å². The summed E-state index contributed by atoms with van der Waals surface area (Å²) in [7, 11) is 0. The Hall–Kier alpha value is -0.770. The van der Waals surface area contributed by atoms with E-state index in [9.17, 15) is 4.79 Å². The Morgan fingerprint density at radius 3 is 2.70 bits per heavy atom. The summed E-state index contributed by atoms with van der Waals surface area (Å²) < 4.78 is 8.88. The van der Waals surface area contributed by atoms with Crippen molar-refractivity contribution in [2.45, 2.75) is 26.4 Å². The SMILES string of the molecule is CCC(C)OC(=O)OC[NH]. The van der Waals surface area contributed by atoms with Crippen molar-refractivity contribution >= 4 is 6.16 Å². The molecule has 0 aliphatic carbocycles. The molecule has 0 amide bonds. The summed E-state index contributed by atoms with van der Waals surface area (Å²) in [6.07, 6.45) is -0.129. The Morgan fingerprint density at radius 1 is 1.70 bits per heavy atom. The minimum absolute atomic E-state index is 0.126. The highest BCUT2D eigenvalue weighted by Gasteiger charge is 2.06. The van der Waals surface area contributed by atoms with Crippen LogP contribution in [0.5, 0.6) is 0 Å². The fourth-order valence-electron chi connectivity index (χ4n) is 0.341. The third-order valence-electron chi connectivity index (χ3n) is 1.06. The van der Waals surface area contributed by atoms with Crippen LogP contribution in [0.4, 0.5) is 4.79 Å². The van der Waals surface area contributed by atoms with Gasteiger partial charge in [0.2, 0.25) is 0 Å². The van der Waals surface area contributed by atoms with Crippen molar-refractivity contribution in [3.05, 3.63) is 0 Å². The van der Waals surface area contributed by atoms with Crippen molar-refractivity contribution in [2.24, 2.45) is 0 Å². The second-order valence-electron chi connectivity index (χ2n) is 1.88. The average Bonchev–Trinajstić information content (AvgIpc) is 1.88. The highest BCUT2D eigenvalue weighted by molar-refractivity contribution is 5.59. The molecule has 59 valence electrons. The van der Waals surface area contributed by atoms with Crippen LogP contribution in [0, 0.1) is 0 Å². The first-order valence-electron chi connectivity index (χ1n) is 3.18. The summed E-state index contributed by atoms with van der Waals surface area (Å²) in [6.45, 7) is 3.29. The van der Waals surface area contributed by atoms with E-state index in [1.807, 2.05) is 6.92 Å². The molecule has 4 nitrogen and oxygen atoms in total. The molecule has 0 aromatic carbocycles. The van der Waals surface area contributed by atoms with E-state index in [0.29, 0.717) is 0 Å². The van der Waals surface area contributed by atoms with Crippen LogP contribution in [0.15, 0.2) is 0 Å². The summed E-state index contributed by atoms with van der Waals surface area (Å²) in [5, 5.41) is 0. The van der Waals surface area contributed by atoms with Gasteiger partial charge in [-0.2, -0.15) is 0 Å². The second-order valence-corrected chi connectivity index (χ2v) is 1.88. The summed E-state index contributed by atoms with van der Waals surface area (Å²) in [4.78, 5) is 10.4. The van der Waals surface area contributed by atoms with Gasteiger partial charge in [-0.1, -0.05) is 6.92 Å². The quantitative estimate of drug-likeness (QED) is 0.561. The molecule has 0 bridgehead atoms. The van der Waals surface area contributed by atoms with E-state index < -0.39 is 6.16 Å². The van der Waals surface area contributed by atoms with E-state index in [0.717, 1.165) is 6.42 Å². The van der Waals surface area contributed by atoms with Crippen LogP contribution in [0.2, 0.25) is 0 Å². The van der Waals surface area contributed by atoms with Crippen LogP contribution in [0.1, 0.15) is 20.3 Å². The first-order valence-corrected chi connectivity index (χ1v) is 3.18. The lowest BCUT2D eigenvalue weighted by Gasteiger charge is -2.08. The zero-order valence-electron chi connectivity index (χ0n) is 6.22. The Labute approximate surface area is 60.3 Å². The van der Waals surface area contributed by atoms with Gasteiger partial charge in [-0.15, -0.1) is 0 Å². The van der Waals surface area contributed by atoms with E-state index >= 15 is 0 Å². The molecule has 0 aliphatic heterocycles. The van der Waals surface area contributed by atoms with Crippen LogP contribution in [0.3, 0.4) is 0 Å². The molecule has 1 unspecified atom stereocenters. The van der Waals surface area contributed by atoms with Crippen LogP contribution in [-0.2, 0) is 9.47 Å². The molecule has 0 spiro atoms. The standard InChI is InChI=1S/C6H12NO3/c1-3-5(2)10-6(8)9-4-7/h5,7H,3-4H2,1-2H3. The van der Waals surface area contributed by atoms with Crippen LogP contribution >= 0.6 is 0 Å². The minimum atomic E-state index is -0.760. The molecule has 1 N–H and O–H groups in total. The van der Waals surface area contributed by atoms with Gasteiger partial charge in [0.1, 0.15) is 6.10 Å². The first kappa shape index (κ1) is 9.23. The fourth-order valence-corrected chi connectivity index (χ4v) is 0.341. The maximum absolute atomic E-state index is 10.4. The van der Waals surface area contributed by atoms with Gasteiger partial charge in [-0.3, -0.25) is 0 Å².